The molecule has 0 aliphatic heterocycles. The SMILES string of the molecule is CC(=O)NC(CS/N=N\c1nc[nH]c1C(N)=O)C(=O)O. The maximum Gasteiger partial charge on any atom is 0.327 e. The van der Waals surface area contributed by atoms with Crippen LogP contribution in [0.1, 0.15) is 17.4 Å². The van der Waals surface area contributed by atoms with Gasteiger partial charge in [-0.25, -0.2) is 9.78 Å². The largest absolute Gasteiger partial charge is 0.480 e. The van der Waals surface area contributed by atoms with Gasteiger partial charge >= 0.3 is 5.97 Å². The normalized spacial score (nSPS) is 12.2. The Morgan fingerprint density at radius 1 is 1.60 bits per heavy atom. The van der Waals surface area contributed by atoms with E-state index in [4.69, 9.17) is 10.8 Å². The fourth-order valence-corrected chi connectivity index (χ4v) is 1.72. The van der Waals surface area contributed by atoms with E-state index in [0.29, 0.717) is 0 Å². The molecule has 11 heteroatoms. The summed E-state index contributed by atoms with van der Waals surface area (Å²) in [5, 5.41) is 14.7. The minimum absolute atomic E-state index is 0.00555. The van der Waals surface area contributed by atoms with Crippen molar-refractivity contribution in [2.24, 2.45) is 15.4 Å². The lowest BCUT2D eigenvalue weighted by Crippen LogP contribution is -2.41. The van der Waals surface area contributed by atoms with Gasteiger partial charge in [-0.15, -0.1) is 9.63 Å². The average Bonchev–Trinajstić information content (AvgIpc) is 2.80. The second-order valence-electron chi connectivity index (χ2n) is 3.53. The molecule has 1 heterocycles. The summed E-state index contributed by atoms with van der Waals surface area (Å²) in [6.07, 6.45) is 1.23. The van der Waals surface area contributed by atoms with Gasteiger partial charge in [0.15, 0.2) is 5.69 Å². The summed E-state index contributed by atoms with van der Waals surface area (Å²) < 4.78 is 3.62. The zero-order valence-electron chi connectivity index (χ0n) is 10.4. The predicted octanol–water partition coefficient (Wildman–Crippen LogP) is -0.170. The van der Waals surface area contributed by atoms with Gasteiger partial charge in [-0.3, -0.25) is 9.59 Å². The highest BCUT2D eigenvalue weighted by molar-refractivity contribution is 7.97. The fraction of sp³-hybridized carbons (Fsp3) is 0.333. The first-order valence-corrected chi connectivity index (χ1v) is 6.22. The number of rotatable bonds is 7. The molecule has 0 aromatic carbocycles. The molecule has 1 unspecified atom stereocenters. The molecule has 1 atom stereocenters. The van der Waals surface area contributed by atoms with Crippen LogP contribution < -0.4 is 11.1 Å². The molecule has 108 valence electrons. The average molecular weight is 300 g/mol. The third-order valence-corrected chi connectivity index (χ3v) is 2.66. The van der Waals surface area contributed by atoms with Crippen molar-refractivity contribution in [3.8, 4) is 0 Å². The van der Waals surface area contributed by atoms with Crippen molar-refractivity contribution in [2.75, 3.05) is 5.75 Å². The number of hydrogen-bond acceptors (Lipinski definition) is 7. The number of carboxylic acids is 1. The van der Waals surface area contributed by atoms with E-state index in [9.17, 15) is 14.4 Å². The number of nitrogens with one attached hydrogen (secondary N) is 2. The Balaban J connectivity index is 2.55. The summed E-state index contributed by atoms with van der Waals surface area (Å²) in [6, 6.07) is -1.08. The maximum absolute atomic E-state index is 11.0. The van der Waals surface area contributed by atoms with E-state index in [2.05, 4.69) is 24.9 Å². The molecular formula is C9H12N6O4S. The van der Waals surface area contributed by atoms with E-state index in [1.165, 1.54) is 13.3 Å². The van der Waals surface area contributed by atoms with Crippen LogP contribution in [0.3, 0.4) is 0 Å². The molecule has 2 amide bonds. The second-order valence-corrected chi connectivity index (χ2v) is 4.29. The Hall–Kier alpha value is -2.43. The summed E-state index contributed by atoms with van der Waals surface area (Å²) in [5.74, 6) is -2.38. The van der Waals surface area contributed by atoms with Crippen molar-refractivity contribution in [2.45, 2.75) is 13.0 Å². The number of nitrogens with two attached hydrogens (primary N) is 1. The Labute approximate surface area is 117 Å². The third kappa shape index (κ3) is 4.68. The number of primary amides is 1. The number of carbonyl (C=O) groups excluding carboxylic acids is 2. The van der Waals surface area contributed by atoms with E-state index in [1.54, 1.807) is 0 Å². The quantitative estimate of drug-likeness (QED) is 0.403. The second kappa shape index (κ2) is 7.23. The summed E-state index contributed by atoms with van der Waals surface area (Å²) in [6.45, 7) is 1.21. The molecule has 0 aliphatic carbocycles. The van der Waals surface area contributed by atoms with Crippen molar-refractivity contribution in [1.29, 1.82) is 0 Å². The van der Waals surface area contributed by atoms with Crippen molar-refractivity contribution in [3.63, 3.8) is 0 Å². The zero-order chi connectivity index (χ0) is 15.1. The summed E-state index contributed by atoms with van der Waals surface area (Å²) in [4.78, 5) is 38.8. The van der Waals surface area contributed by atoms with Crippen LogP contribution in [0.4, 0.5) is 5.82 Å². The lowest BCUT2D eigenvalue weighted by molar-refractivity contribution is -0.140. The van der Waals surface area contributed by atoms with Crippen LogP contribution in [0.2, 0.25) is 0 Å². The van der Waals surface area contributed by atoms with Gasteiger partial charge in [-0.2, -0.15) is 0 Å². The van der Waals surface area contributed by atoms with E-state index in [0.717, 1.165) is 11.9 Å². The number of carbonyl (C=O) groups is 3. The Bertz CT molecular complexity index is 542. The Morgan fingerprint density at radius 3 is 2.85 bits per heavy atom. The highest BCUT2D eigenvalue weighted by Gasteiger charge is 2.18. The molecule has 0 spiro atoms. The fourth-order valence-electron chi connectivity index (χ4n) is 1.14. The van der Waals surface area contributed by atoms with Crippen LogP contribution in [-0.4, -0.2) is 44.7 Å². The zero-order valence-corrected chi connectivity index (χ0v) is 11.2. The number of aromatic amines is 1. The first-order valence-electron chi connectivity index (χ1n) is 5.28. The molecule has 5 N–H and O–H groups in total. The molecule has 1 aromatic heterocycles. The van der Waals surface area contributed by atoms with Gasteiger partial charge in [0.2, 0.25) is 11.7 Å². The first kappa shape index (κ1) is 15.6. The number of hydrogen-bond donors (Lipinski definition) is 4. The molecule has 0 radical (unpaired) electrons. The number of H-pyrrole nitrogens is 1. The number of imidazole rings is 1. The Kier molecular flexibility index (Phi) is 5.65. The molecule has 0 saturated carbocycles. The van der Waals surface area contributed by atoms with Gasteiger partial charge in [0, 0.05) is 24.6 Å². The minimum Gasteiger partial charge on any atom is -0.480 e. The molecule has 10 nitrogen and oxygen atoms in total. The molecule has 0 bridgehead atoms. The Morgan fingerprint density at radius 2 is 2.30 bits per heavy atom. The predicted molar refractivity (Wildman–Crippen MR) is 69.3 cm³/mol. The summed E-state index contributed by atoms with van der Waals surface area (Å²) >= 11 is 0.807. The lowest BCUT2D eigenvalue weighted by Gasteiger charge is -2.09. The summed E-state index contributed by atoms with van der Waals surface area (Å²) in [7, 11) is 0. The molecular weight excluding hydrogens is 288 g/mol. The molecule has 20 heavy (non-hydrogen) atoms. The van der Waals surface area contributed by atoms with Gasteiger partial charge in [-0.1, -0.05) is 0 Å². The number of amides is 2. The van der Waals surface area contributed by atoms with Crippen LogP contribution >= 0.6 is 11.9 Å². The lowest BCUT2D eigenvalue weighted by atomic mass is 10.3. The van der Waals surface area contributed by atoms with Gasteiger partial charge in [0.05, 0.1) is 6.33 Å². The molecule has 0 saturated heterocycles. The van der Waals surface area contributed by atoms with Crippen molar-refractivity contribution in [3.05, 3.63) is 12.0 Å². The van der Waals surface area contributed by atoms with Gasteiger partial charge in [-0.05, 0) is 0 Å². The van der Waals surface area contributed by atoms with E-state index < -0.39 is 23.8 Å². The minimum atomic E-state index is -1.18. The van der Waals surface area contributed by atoms with Gasteiger partial charge < -0.3 is 21.1 Å². The van der Waals surface area contributed by atoms with Crippen molar-refractivity contribution < 1.29 is 19.5 Å². The third-order valence-electron chi connectivity index (χ3n) is 1.98. The summed E-state index contributed by atoms with van der Waals surface area (Å²) in [5.41, 5.74) is 5.07. The van der Waals surface area contributed by atoms with Gasteiger partial charge in [0.25, 0.3) is 5.91 Å². The van der Waals surface area contributed by atoms with Crippen LogP contribution in [0.25, 0.3) is 0 Å². The van der Waals surface area contributed by atoms with Crippen molar-refractivity contribution >= 4 is 35.5 Å². The number of nitrogens with zero attached hydrogens (tertiary/aromatic N) is 3. The number of aromatic nitrogens is 2. The van der Waals surface area contributed by atoms with E-state index >= 15 is 0 Å². The van der Waals surface area contributed by atoms with Crippen LogP contribution in [0.5, 0.6) is 0 Å². The standard InChI is InChI=1S/C9H12N6O4S/c1-4(16)13-5(9(18)19)2-20-15-14-8-6(7(10)17)11-3-12-8/h3,5H,2H2,1H3,(H2,10,17)(H,11,12)(H,13,16)(H,18,19)/b15-14-. The smallest absolute Gasteiger partial charge is 0.327 e. The maximum atomic E-state index is 11.0. The van der Waals surface area contributed by atoms with Crippen LogP contribution in [-0.2, 0) is 9.59 Å². The molecule has 0 aliphatic rings. The van der Waals surface area contributed by atoms with Crippen molar-refractivity contribution in [1.82, 2.24) is 15.3 Å². The molecule has 1 rings (SSSR count). The van der Waals surface area contributed by atoms with E-state index in [-0.39, 0.29) is 17.3 Å². The number of carboxylic acid groups (broad SMARTS) is 1. The van der Waals surface area contributed by atoms with Crippen LogP contribution in [0.15, 0.2) is 16.0 Å². The monoisotopic (exact) mass is 300 g/mol. The van der Waals surface area contributed by atoms with Crippen LogP contribution in [0, 0.1) is 0 Å². The molecule has 0 fully saturated rings. The van der Waals surface area contributed by atoms with E-state index in [1.807, 2.05) is 0 Å². The molecule has 1 aromatic rings. The first-order chi connectivity index (χ1) is 9.41. The highest BCUT2D eigenvalue weighted by Crippen LogP contribution is 2.16. The number of aliphatic carboxylic acids is 1. The highest BCUT2D eigenvalue weighted by atomic mass is 32.2. The van der Waals surface area contributed by atoms with Gasteiger partial charge in [0.1, 0.15) is 6.04 Å². The topological polar surface area (TPSA) is 163 Å².